The number of carbonyl (C=O) groups excluding carboxylic acids is 1. The molecule has 0 atom stereocenters. The normalized spacial score (nSPS) is 17.6. The third-order valence-electron chi connectivity index (χ3n) is 3.66. The van der Waals surface area contributed by atoms with Gasteiger partial charge in [0, 0.05) is 11.8 Å². The van der Waals surface area contributed by atoms with Crippen LogP contribution in [0.2, 0.25) is 0 Å². The monoisotopic (exact) mass is 300 g/mol. The number of hydrogen-bond acceptors (Lipinski definition) is 3. The van der Waals surface area contributed by atoms with E-state index in [4.69, 9.17) is 0 Å². The molecule has 21 heavy (non-hydrogen) atoms. The molecule has 1 fully saturated rings. The molecule has 1 aliphatic rings. The lowest BCUT2D eigenvalue weighted by molar-refractivity contribution is -0.165. The number of Topliss-reactive ketones (excluding diaryl/α,β-unsaturated/α-hetero) is 1. The van der Waals surface area contributed by atoms with Gasteiger partial charge >= 0.3 is 6.18 Å². The van der Waals surface area contributed by atoms with Crippen LogP contribution in [-0.2, 0) is 16.9 Å². The molecule has 0 saturated carbocycles. The maximum Gasteiger partial charge on any atom is 0.426 e. The minimum absolute atomic E-state index is 0.126. The number of carbonyl (C=O) groups is 1. The van der Waals surface area contributed by atoms with Crippen LogP contribution in [0.5, 0.6) is 0 Å². The van der Waals surface area contributed by atoms with Crippen molar-refractivity contribution in [3.63, 3.8) is 0 Å². The SMILES string of the molecule is CC(C)(C)C(=O)CCc1ccc(C2(C(F)(F)F)NN2)cc1. The van der Waals surface area contributed by atoms with Gasteiger partial charge in [0.2, 0.25) is 5.66 Å². The second kappa shape index (κ2) is 5.10. The van der Waals surface area contributed by atoms with Crippen molar-refractivity contribution in [2.45, 2.75) is 45.5 Å². The summed E-state index contributed by atoms with van der Waals surface area (Å²) >= 11 is 0. The number of nitrogens with one attached hydrogen (secondary N) is 2. The number of hydrazine groups is 1. The highest BCUT2D eigenvalue weighted by atomic mass is 19.4. The molecule has 1 aromatic rings. The van der Waals surface area contributed by atoms with Gasteiger partial charge in [0.15, 0.2) is 0 Å². The van der Waals surface area contributed by atoms with E-state index >= 15 is 0 Å². The topological polar surface area (TPSA) is 61.0 Å². The van der Waals surface area contributed by atoms with Crippen molar-refractivity contribution in [2.75, 3.05) is 0 Å². The van der Waals surface area contributed by atoms with E-state index in [0.29, 0.717) is 12.8 Å². The fraction of sp³-hybridized carbons (Fsp3) is 0.533. The van der Waals surface area contributed by atoms with E-state index in [0.717, 1.165) is 5.56 Å². The summed E-state index contributed by atoms with van der Waals surface area (Å²) in [4.78, 5) is 11.8. The van der Waals surface area contributed by atoms with Gasteiger partial charge < -0.3 is 0 Å². The molecule has 0 spiro atoms. The summed E-state index contributed by atoms with van der Waals surface area (Å²) in [7, 11) is 0. The van der Waals surface area contributed by atoms with E-state index < -0.39 is 11.8 Å². The highest BCUT2D eigenvalue weighted by Crippen LogP contribution is 2.42. The van der Waals surface area contributed by atoms with Crippen molar-refractivity contribution in [2.24, 2.45) is 5.41 Å². The number of ketones is 1. The van der Waals surface area contributed by atoms with Gasteiger partial charge in [0.25, 0.3) is 0 Å². The van der Waals surface area contributed by atoms with Gasteiger partial charge in [-0.15, -0.1) is 0 Å². The third kappa shape index (κ3) is 3.27. The lowest BCUT2D eigenvalue weighted by atomic mass is 9.87. The average molecular weight is 300 g/mol. The van der Waals surface area contributed by atoms with Gasteiger partial charge in [-0.3, -0.25) is 4.79 Å². The molecule has 0 aromatic heterocycles. The second-order valence-corrected chi connectivity index (χ2v) is 6.37. The molecule has 1 aromatic carbocycles. The molecular formula is C15H19F3N2O. The summed E-state index contributed by atoms with van der Waals surface area (Å²) < 4.78 is 38.7. The Labute approximate surface area is 121 Å². The van der Waals surface area contributed by atoms with Crippen LogP contribution in [0.15, 0.2) is 24.3 Å². The van der Waals surface area contributed by atoms with Gasteiger partial charge in [-0.2, -0.15) is 13.2 Å². The molecule has 0 bridgehead atoms. The van der Waals surface area contributed by atoms with Gasteiger partial charge in [-0.05, 0) is 17.5 Å². The number of rotatable bonds is 4. The Morgan fingerprint density at radius 3 is 2.00 bits per heavy atom. The fourth-order valence-corrected chi connectivity index (χ4v) is 2.07. The van der Waals surface area contributed by atoms with Crippen molar-refractivity contribution < 1.29 is 18.0 Å². The van der Waals surface area contributed by atoms with Crippen LogP contribution >= 0.6 is 0 Å². The maximum absolute atomic E-state index is 12.9. The maximum atomic E-state index is 12.9. The Balaban J connectivity index is 2.02. The van der Waals surface area contributed by atoms with Crippen LogP contribution in [0.4, 0.5) is 13.2 Å². The first-order valence-corrected chi connectivity index (χ1v) is 6.80. The Morgan fingerprint density at radius 1 is 1.10 bits per heavy atom. The lowest BCUT2D eigenvalue weighted by Crippen LogP contribution is -2.34. The van der Waals surface area contributed by atoms with Gasteiger partial charge in [0.05, 0.1) is 0 Å². The van der Waals surface area contributed by atoms with E-state index in [2.05, 4.69) is 10.9 Å². The van der Waals surface area contributed by atoms with Crippen molar-refractivity contribution in [3.05, 3.63) is 35.4 Å². The zero-order chi connectivity index (χ0) is 15.9. The summed E-state index contributed by atoms with van der Waals surface area (Å²) in [5.74, 6) is 0.142. The van der Waals surface area contributed by atoms with E-state index in [1.165, 1.54) is 12.1 Å². The first-order valence-electron chi connectivity index (χ1n) is 6.80. The molecule has 3 nitrogen and oxygen atoms in total. The summed E-state index contributed by atoms with van der Waals surface area (Å²) in [6.07, 6.45) is -3.46. The van der Waals surface area contributed by atoms with Crippen LogP contribution in [0, 0.1) is 5.41 Å². The predicted octanol–water partition coefficient (Wildman–Crippen LogP) is 3.06. The molecule has 0 amide bonds. The van der Waals surface area contributed by atoms with E-state index in [1.807, 2.05) is 20.8 Å². The van der Waals surface area contributed by atoms with Crippen molar-refractivity contribution in [1.82, 2.24) is 10.9 Å². The van der Waals surface area contributed by atoms with Crippen LogP contribution in [0.1, 0.15) is 38.3 Å². The molecular weight excluding hydrogens is 281 g/mol. The standard InChI is InChI=1S/C15H19F3N2O/c1-13(2,3)12(21)9-6-10-4-7-11(8-5-10)14(19-20-14)15(16,17)18/h4-5,7-8,19-20H,6,9H2,1-3H3. The number of alkyl halides is 3. The van der Waals surface area contributed by atoms with Gasteiger partial charge in [0.1, 0.15) is 5.78 Å². The molecule has 1 saturated heterocycles. The summed E-state index contributed by atoms with van der Waals surface area (Å²) in [6, 6.07) is 6.16. The molecule has 6 heteroatoms. The summed E-state index contributed by atoms with van der Waals surface area (Å²) in [6.45, 7) is 5.57. The fourth-order valence-electron chi connectivity index (χ4n) is 2.07. The molecule has 2 rings (SSSR count). The Bertz CT molecular complexity index is 525. The van der Waals surface area contributed by atoms with Gasteiger partial charge in [-0.25, -0.2) is 10.9 Å². The largest absolute Gasteiger partial charge is 0.426 e. The first-order chi connectivity index (χ1) is 9.56. The quantitative estimate of drug-likeness (QED) is 0.840. The van der Waals surface area contributed by atoms with Crippen molar-refractivity contribution in [3.8, 4) is 0 Å². The minimum atomic E-state index is -4.39. The highest BCUT2D eigenvalue weighted by Gasteiger charge is 2.65. The van der Waals surface area contributed by atoms with E-state index in [-0.39, 0.29) is 16.8 Å². The number of benzene rings is 1. The lowest BCUT2D eigenvalue weighted by Gasteiger charge is -2.17. The molecule has 0 aliphatic carbocycles. The van der Waals surface area contributed by atoms with Crippen molar-refractivity contribution >= 4 is 5.78 Å². The molecule has 0 unspecified atom stereocenters. The van der Waals surface area contributed by atoms with Crippen LogP contribution in [0.25, 0.3) is 0 Å². The van der Waals surface area contributed by atoms with Crippen LogP contribution in [-0.4, -0.2) is 12.0 Å². The van der Waals surface area contributed by atoms with Crippen molar-refractivity contribution in [1.29, 1.82) is 0 Å². The Morgan fingerprint density at radius 2 is 1.62 bits per heavy atom. The third-order valence-corrected chi connectivity index (χ3v) is 3.66. The Hall–Kier alpha value is -1.40. The molecule has 0 radical (unpaired) electrons. The minimum Gasteiger partial charge on any atom is -0.299 e. The number of aryl methyl sites for hydroxylation is 1. The smallest absolute Gasteiger partial charge is 0.299 e. The molecule has 1 aliphatic heterocycles. The number of hydrogen-bond donors (Lipinski definition) is 2. The molecule has 2 N–H and O–H groups in total. The zero-order valence-electron chi connectivity index (χ0n) is 12.3. The Kier molecular flexibility index (Phi) is 3.88. The van der Waals surface area contributed by atoms with E-state index in [1.54, 1.807) is 12.1 Å². The van der Waals surface area contributed by atoms with Gasteiger partial charge in [-0.1, -0.05) is 45.0 Å². The van der Waals surface area contributed by atoms with Crippen LogP contribution in [0.3, 0.4) is 0 Å². The molecule has 1 heterocycles. The average Bonchev–Trinajstić information content (AvgIpc) is 3.16. The van der Waals surface area contributed by atoms with Crippen LogP contribution < -0.4 is 10.9 Å². The predicted molar refractivity (Wildman–Crippen MR) is 73.2 cm³/mol. The summed E-state index contributed by atoms with van der Waals surface area (Å²) in [5.41, 5.74) is 2.81. The highest BCUT2D eigenvalue weighted by molar-refractivity contribution is 5.83. The second-order valence-electron chi connectivity index (χ2n) is 6.37. The summed E-state index contributed by atoms with van der Waals surface area (Å²) in [5, 5.41) is 0. The number of halogens is 3. The zero-order valence-corrected chi connectivity index (χ0v) is 12.3. The molecule has 116 valence electrons. The first kappa shape index (κ1) is 16.0. The van der Waals surface area contributed by atoms with E-state index in [9.17, 15) is 18.0 Å².